The molecular formula is C10H8ClF3N2OS. The predicted molar refractivity (Wildman–Crippen MR) is 66.5 cm³/mol. The molecule has 0 aliphatic heterocycles. The quantitative estimate of drug-likeness (QED) is 0.843. The van der Waals surface area contributed by atoms with Gasteiger partial charge in [0.05, 0.1) is 22.7 Å². The van der Waals surface area contributed by atoms with E-state index in [2.05, 4.69) is 17.5 Å². The largest absolute Gasteiger partial charge is 0.418 e. The molecule has 1 amide bonds. The summed E-state index contributed by atoms with van der Waals surface area (Å²) in [6.07, 6.45) is -4.94. The van der Waals surface area contributed by atoms with Crippen molar-refractivity contribution in [3.63, 3.8) is 0 Å². The fourth-order valence-corrected chi connectivity index (χ4v) is 1.52. The Hall–Kier alpha value is -1.34. The highest BCUT2D eigenvalue weighted by atomic mass is 35.5. The highest BCUT2D eigenvalue weighted by molar-refractivity contribution is 7.80. The first-order valence-corrected chi connectivity index (χ1v) is 5.43. The van der Waals surface area contributed by atoms with Crippen molar-refractivity contribution in [2.45, 2.75) is 12.6 Å². The first kappa shape index (κ1) is 14.7. The summed E-state index contributed by atoms with van der Waals surface area (Å²) in [7, 11) is 0. The number of halogens is 4. The summed E-state index contributed by atoms with van der Waals surface area (Å²) < 4.78 is 38.0. The average molecular weight is 297 g/mol. The second kappa shape index (κ2) is 5.53. The van der Waals surface area contributed by atoms with Crippen molar-refractivity contribution in [1.82, 2.24) is 0 Å². The Morgan fingerprint density at radius 3 is 2.56 bits per heavy atom. The molecule has 0 aromatic heterocycles. The number of nitrogens with one attached hydrogen (secondary N) is 1. The van der Waals surface area contributed by atoms with Crippen molar-refractivity contribution in [1.29, 1.82) is 0 Å². The molecule has 0 fully saturated rings. The molecule has 98 valence electrons. The van der Waals surface area contributed by atoms with E-state index in [0.29, 0.717) is 0 Å². The Balaban J connectivity index is 3.02. The topological polar surface area (TPSA) is 55.1 Å². The third-order valence-corrected chi connectivity index (χ3v) is 2.28. The lowest BCUT2D eigenvalue weighted by Crippen LogP contribution is -2.21. The molecule has 8 heteroatoms. The minimum Gasteiger partial charge on any atom is -0.393 e. The summed E-state index contributed by atoms with van der Waals surface area (Å²) in [6.45, 7) is 0. The summed E-state index contributed by atoms with van der Waals surface area (Å²) in [5, 5.41) is 2.02. The first-order valence-electron chi connectivity index (χ1n) is 4.65. The smallest absolute Gasteiger partial charge is 0.393 e. The van der Waals surface area contributed by atoms with Crippen molar-refractivity contribution in [3.8, 4) is 0 Å². The van der Waals surface area contributed by atoms with Gasteiger partial charge in [0, 0.05) is 5.02 Å². The van der Waals surface area contributed by atoms with Crippen LogP contribution in [0.2, 0.25) is 5.02 Å². The van der Waals surface area contributed by atoms with E-state index in [0.717, 1.165) is 12.1 Å². The standard InChI is InChI=1S/C10H8ClF3N2OS/c11-5-1-2-7(6(3-5)10(12,13)14)16-9(17)4-8(15)18/h1-3H,4H2,(H2,15,18)(H,16,17). The summed E-state index contributed by atoms with van der Waals surface area (Å²) in [6, 6.07) is 3.05. The van der Waals surface area contributed by atoms with Gasteiger partial charge in [0.1, 0.15) is 0 Å². The number of anilines is 1. The third kappa shape index (κ3) is 4.15. The molecule has 0 saturated carbocycles. The van der Waals surface area contributed by atoms with E-state index in [1.807, 2.05) is 0 Å². The summed E-state index contributed by atoms with van der Waals surface area (Å²) in [4.78, 5) is 11.2. The Morgan fingerprint density at radius 2 is 2.06 bits per heavy atom. The number of amides is 1. The lowest BCUT2D eigenvalue weighted by Gasteiger charge is -2.13. The van der Waals surface area contributed by atoms with Crippen LogP contribution in [0, 0.1) is 0 Å². The maximum atomic E-state index is 12.7. The molecule has 0 unspecified atom stereocenters. The molecule has 0 bridgehead atoms. The van der Waals surface area contributed by atoms with Gasteiger partial charge < -0.3 is 11.1 Å². The van der Waals surface area contributed by atoms with Gasteiger partial charge in [-0.15, -0.1) is 0 Å². The Kier molecular flexibility index (Phi) is 4.53. The fraction of sp³-hybridized carbons (Fsp3) is 0.200. The number of nitrogens with two attached hydrogens (primary N) is 1. The van der Waals surface area contributed by atoms with E-state index < -0.39 is 17.6 Å². The molecule has 18 heavy (non-hydrogen) atoms. The molecule has 3 N–H and O–H groups in total. The van der Waals surface area contributed by atoms with Gasteiger partial charge in [-0.25, -0.2) is 0 Å². The summed E-state index contributed by atoms with van der Waals surface area (Å²) in [5.74, 6) is -0.713. The minimum absolute atomic E-state index is 0.0744. The molecule has 1 aromatic rings. The van der Waals surface area contributed by atoms with Gasteiger partial charge in [0.15, 0.2) is 0 Å². The number of benzene rings is 1. The van der Waals surface area contributed by atoms with E-state index in [-0.39, 0.29) is 22.1 Å². The van der Waals surface area contributed by atoms with Crippen LogP contribution in [0.1, 0.15) is 12.0 Å². The van der Waals surface area contributed by atoms with Crippen molar-refractivity contribution in [2.75, 3.05) is 5.32 Å². The lowest BCUT2D eigenvalue weighted by molar-refractivity contribution is -0.137. The zero-order valence-electron chi connectivity index (χ0n) is 8.84. The van der Waals surface area contributed by atoms with Crippen LogP contribution in [0.5, 0.6) is 0 Å². The maximum Gasteiger partial charge on any atom is 0.418 e. The average Bonchev–Trinajstić information content (AvgIpc) is 2.17. The molecule has 1 rings (SSSR count). The van der Waals surface area contributed by atoms with Gasteiger partial charge in [-0.3, -0.25) is 4.79 Å². The van der Waals surface area contributed by atoms with Crippen LogP contribution in [-0.2, 0) is 11.0 Å². The van der Waals surface area contributed by atoms with Crippen molar-refractivity contribution >= 4 is 40.4 Å². The maximum absolute atomic E-state index is 12.7. The molecule has 0 radical (unpaired) electrons. The SMILES string of the molecule is NC(=S)CC(=O)Nc1ccc(Cl)cc1C(F)(F)F. The third-order valence-electron chi connectivity index (χ3n) is 1.90. The Morgan fingerprint density at radius 1 is 1.44 bits per heavy atom. The predicted octanol–water partition coefficient (Wildman–Crippen LogP) is 2.97. The molecule has 0 aliphatic rings. The number of carbonyl (C=O) groups excluding carboxylic acids is 1. The molecule has 0 spiro atoms. The molecule has 0 heterocycles. The van der Waals surface area contributed by atoms with Crippen LogP contribution in [0.3, 0.4) is 0 Å². The summed E-state index contributed by atoms with van der Waals surface area (Å²) >= 11 is 9.98. The van der Waals surface area contributed by atoms with Gasteiger partial charge >= 0.3 is 6.18 Å². The Labute approximate surface area is 111 Å². The van der Waals surface area contributed by atoms with Crippen LogP contribution >= 0.6 is 23.8 Å². The van der Waals surface area contributed by atoms with Gasteiger partial charge in [-0.1, -0.05) is 23.8 Å². The van der Waals surface area contributed by atoms with E-state index >= 15 is 0 Å². The van der Waals surface area contributed by atoms with E-state index in [1.54, 1.807) is 0 Å². The molecule has 1 aromatic carbocycles. The van der Waals surface area contributed by atoms with Crippen molar-refractivity contribution in [3.05, 3.63) is 28.8 Å². The van der Waals surface area contributed by atoms with Crippen molar-refractivity contribution < 1.29 is 18.0 Å². The van der Waals surface area contributed by atoms with Crippen LogP contribution in [-0.4, -0.2) is 10.9 Å². The number of hydrogen-bond acceptors (Lipinski definition) is 2. The zero-order valence-corrected chi connectivity index (χ0v) is 10.4. The normalized spacial score (nSPS) is 11.1. The van der Waals surface area contributed by atoms with Crippen LogP contribution in [0.4, 0.5) is 18.9 Å². The lowest BCUT2D eigenvalue weighted by atomic mass is 10.1. The first-order chi connectivity index (χ1) is 8.20. The molecular weight excluding hydrogens is 289 g/mol. The van der Waals surface area contributed by atoms with Gasteiger partial charge in [-0.05, 0) is 18.2 Å². The number of thiocarbonyl (C=S) groups is 1. The number of hydrogen-bond donors (Lipinski definition) is 2. The number of rotatable bonds is 3. The number of alkyl halides is 3. The van der Waals surface area contributed by atoms with Crippen LogP contribution in [0.15, 0.2) is 18.2 Å². The molecule has 0 aliphatic carbocycles. The van der Waals surface area contributed by atoms with Crippen molar-refractivity contribution in [2.24, 2.45) is 5.73 Å². The molecule has 0 saturated heterocycles. The van der Waals surface area contributed by atoms with Gasteiger partial charge in [0.2, 0.25) is 5.91 Å². The Bertz CT molecular complexity index is 491. The highest BCUT2D eigenvalue weighted by Gasteiger charge is 2.34. The van der Waals surface area contributed by atoms with Crippen LogP contribution in [0.25, 0.3) is 0 Å². The van der Waals surface area contributed by atoms with E-state index in [1.165, 1.54) is 6.07 Å². The molecule has 3 nitrogen and oxygen atoms in total. The van der Waals surface area contributed by atoms with Gasteiger partial charge in [-0.2, -0.15) is 13.2 Å². The monoisotopic (exact) mass is 296 g/mol. The van der Waals surface area contributed by atoms with E-state index in [9.17, 15) is 18.0 Å². The van der Waals surface area contributed by atoms with Crippen LogP contribution < -0.4 is 11.1 Å². The highest BCUT2D eigenvalue weighted by Crippen LogP contribution is 2.36. The summed E-state index contributed by atoms with van der Waals surface area (Å²) in [5.41, 5.74) is 3.72. The van der Waals surface area contributed by atoms with Gasteiger partial charge in [0.25, 0.3) is 0 Å². The minimum atomic E-state index is -4.61. The second-order valence-electron chi connectivity index (χ2n) is 3.38. The zero-order chi connectivity index (χ0) is 13.9. The fourth-order valence-electron chi connectivity index (χ4n) is 1.21. The van der Waals surface area contributed by atoms with E-state index in [4.69, 9.17) is 17.3 Å². The molecule has 0 atom stereocenters. The second-order valence-corrected chi connectivity index (χ2v) is 4.34. The number of carbonyl (C=O) groups is 1.